The molecule has 0 aliphatic heterocycles. The number of hydrogen-bond acceptors (Lipinski definition) is 3. The molecule has 0 bridgehead atoms. The van der Waals surface area contributed by atoms with Crippen LogP contribution in [0.15, 0.2) is 76.2 Å². The van der Waals surface area contributed by atoms with Gasteiger partial charge in [-0.15, -0.1) is 0 Å². The summed E-state index contributed by atoms with van der Waals surface area (Å²) in [5, 5.41) is 2.44. The molecule has 1 N–H and O–H groups in total. The third-order valence-corrected chi connectivity index (χ3v) is 4.35. The molecule has 0 atom stereocenters. The Morgan fingerprint density at radius 2 is 1.71 bits per heavy atom. The summed E-state index contributed by atoms with van der Waals surface area (Å²) in [6, 6.07) is 17.4. The second-order valence-corrected chi connectivity index (χ2v) is 5.75. The molecule has 4 heteroatoms. The second kappa shape index (κ2) is 4.80. The van der Waals surface area contributed by atoms with Crippen molar-refractivity contribution in [3.05, 3.63) is 77.4 Å². The number of para-hydroxylation sites is 2. The van der Waals surface area contributed by atoms with E-state index < -0.39 is 0 Å². The highest BCUT2D eigenvalue weighted by Crippen LogP contribution is 2.30. The molecule has 0 aliphatic rings. The maximum atomic E-state index is 12.4. The molecule has 0 saturated carbocycles. The lowest BCUT2D eigenvalue weighted by molar-refractivity contribution is 0.569. The van der Waals surface area contributed by atoms with Crippen LogP contribution in [0.25, 0.3) is 43.9 Å². The van der Waals surface area contributed by atoms with E-state index in [1.807, 2.05) is 60.9 Å². The van der Waals surface area contributed by atoms with Crippen molar-refractivity contribution in [2.75, 3.05) is 0 Å². The van der Waals surface area contributed by atoms with E-state index in [4.69, 9.17) is 4.42 Å². The average Bonchev–Trinajstić information content (AvgIpc) is 3.06. The first-order chi connectivity index (χ1) is 11.8. The Bertz CT molecular complexity index is 1280. The van der Waals surface area contributed by atoms with Crippen molar-refractivity contribution in [3.63, 3.8) is 0 Å². The van der Waals surface area contributed by atoms with Gasteiger partial charge in [0.25, 0.3) is 0 Å². The van der Waals surface area contributed by atoms with Gasteiger partial charge in [0.1, 0.15) is 5.58 Å². The Kier molecular flexibility index (Phi) is 2.61. The topological polar surface area (TPSA) is 58.9 Å². The largest absolute Gasteiger partial charge is 0.422 e. The summed E-state index contributed by atoms with van der Waals surface area (Å²) in [6.07, 6.45) is 3.75. The number of H-pyrrole nitrogens is 1. The summed E-state index contributed by atoms with van der Waals surface area (Å²) < 4.78 is 5.43. The van der Waals surface area contributed by atoms with Gasteiger partial charge in [-0.3, -0.25) is 4.98 Å². The quantitative estimate of drug-likeness (QED) is 0.366. The van der Waals surface area contributed by atoms with Crippen molar-refractivity contribution in [2.24, 2.45) is 0 Å². The fraction of sp³-hybridized carbons (Fsp3) is 0. The lowest BCUT2D eigenvalue weighted by Gasteiger charge is -2.04. The number of aromatic amines is 1. The fourth-order valence-electron chi connectivity index (χ4n) is 3.20. The SMILES string of the molecule is O=c1oc2ccccc2c2ncc(-c3c[nH]c4ccccc34)cc12. The zero-order valence-electron chi connectivity index (χ0n) is 12.6. The third kappa shape index (κ3) is 1.80. The van der Waals surface area contributed by atoms with Gasteiger partial charge in [0.05, 0.1) is 10.9 Å². The van der Waals surface area contributed by atoms with Crippen molar-refractivity contribution in [1.82, 2.24) is 9.97 Å². The van der Waals surface area contributed by atoms with E-state index in [2.05, 4.69) is 9.97 Å². The molecule has 3 heterocycles. The van der Waals surface area contributed by atoms with Crippen molar-refractivity contribution < 1.29 is 4.42 Å². The van der Waals surface area contributed by atoms with Gasteiger partial charge in [-0.05, 0) is 24.3 Å². The van der Waals surface area contributed by atoms with Gasteiger partial charge < -0.3 is 9.40 Å². The van der Waals surface area contributed by atoms with Crippen LogP contribution in [0.5, 0.6) is 0 Å². The Balaban J connectivity index is 1.84. The highest BCUT2D eigenvalue weighted by atomic mass is 16.4. The van der Waals surface area contributed by atoms with Crippen molar-refractivity contribution in [1.29, 1.82) is 0 Å². The van der Waals surface area contributed by atoms with Crippen LogP contribution in [0.4, 0.5) is 0 Å². The van der Waals surface area contributed by atoms with Crippen LogP contribution in [0.3, 0.4) is 0 Å². The van der Waals surface area contributed by atoms with E-state index in [9.17, 15) is 4.79 Å². The van der Waals surface area contributed by atoms with E-state index in [1.54, 1.807) is 6.07 Å². The van der Waals surface area contributed by atoms with E-state index >= 15 is 0 Å². The minimum Gasteiger partial charge on any atom is -0.422 e. The van der Waals surface area contributed by atoms with Gasteiger partial charge in [0.15, 0.2) is 0 Å². The summed E-state index contributed by atoms with van der Waals surface area (Å²) in [5.74, 6) is 0. The number of nitrogens with zero attached hydrogens (tertiary/aromatic N) is 1. The third-order valence-electron chi connectivity index (χ3n) is 4.35. The van der Waals surface area contributed by atoms with Gasteiger partial charge in [0, 0.05) is 39.8 Å². The van der Waals surface area contributed by atoms with Gasteiger partial charge in [0.2, 0.25) is 0 Å². The second-order valence-electron chi connectivity index (χ2n) is 5.75. The minimum atomic E-state index is -0.363. The standard InChI is InChI=1S/C20H12N2O2/c23-20-15-9-12(16-11-21-17-7-3-1-5-13(16)17)10-22-19(15)14-6-2-4-8-18(14)24-20/h1-11,21H. The number of aromatic nitrogens is 2. The zero-order valence-corrected chi connectivity index (χ0v) is 12.6. The van der Waals surface area contributed by atoms with Crippen LogP contribution in [0.1, 0.15) is 0 Å². The van der Waals surface area contributed by atoms with E-state index in [1.165, 1.54) is 0 Å². The molecule has 0 saturated heterocycles. The lowest BCUT2D eigenvalue weighted by atomic mass is 10.0. The Labute approximate surface area is 136 Å². The van der Waals surface area contributed by atoms with E-state index in [0.29, 0.717) is 16.5 Å². The van der Waals surface area contributed by atoms with Crippen LogP contribution >= 0.6 is 0 Å². The molecule has 0 fully saturated rings. The first-order valence-electron chi connectivity index (χ1n) is 7.69. The van der Waals surface area contributed by atoms with Crippen molar-refractivity contribution in [3.8, 4) is 11.1 Å². The van der Waals surface area contributed by atoms with Gasteiger partial charge in [-0.25, -0.2) is 4.79 Å². The van der Waals surface area contributed by atoms with Gasteiger partial charge in [-0.2, -0.15) is 0 Å². The molecule has 0 amide bonds. The highest BCUT2D eigenvalue weighted by molar-refractivity contribution is 6.04. The average molecular weight is 312 g/mol. The zero-order chi connectivity index (χ0) is 16.1. The maximum absolute atomic E-state index is 12.4. The van der Waals surface area contributed by atoms with Crippen LogP contribution in [-0.4, -0.2) is 9.97 Å². The molecule has 0 unspecified atom stereocenters. The van der Waals surface area contributed by atoms with Crippen molar-refractivity contribution >= 4 is 32.8 Å². The predicted molar refractivity (Wildman–Crippen MR) is 95.1 cm³/mol. The molecule has 114 valence electrons. The molecule has 24 heavy (non-hydrogen) atoms. The van der Waals surface area contributed by atoms with Crippen LogP contribution in [-0.2, 0) is 0 Å². The predicted octanol–water partition coefficient (Wildman–Crippen LogP) is 4.49. The number of rotatable bonds is 1. The molecule has 0 radical (unpaired) electrons. The summed E-state index contributed by atoms with van der Waals surface area (Å²) in [6.45, 7) is 0. The molecule has 5 aromatic rings. The van der Waals surface area contributed by atoms with E-state index in [0.717, 1.165) is 27.4 Å². The van der Waals surface area contributed by atoms with Crippen molar-refractivity contribution in [2.45, 2.75) is 0 Å². The molecular formula is C20H12N2O2. The molecule has 0 aliphatic carbocycles. The van der Waals surface area contributed by atoms with Gasteiger partial charge >= 0.3 is 5.63 Å². The number of nitrogens with one attached hydrogen (secondary N) is 1. The summed E-state index contributed by atoms with van der Waals surface area (Å²) in [7, 11) is 0. The fourth-order valence-corrected chi connectivity index (χ4v) is 3.20. The highest BCUT2D eigenvalue weighted by Gasteiger charge is 2.12. The van der Waals surface area contributed by atoms with Crippen LogP contribution < -0.4 is 5.63 Å². The molecule has 4 nitrogen and oxygen atoms in total. The molecule has 2 aromatic carbocycles. The lowest BCUT2D eigenvalue weighted by Crippen LogP contribution is -2.01. The van der Waals surface area contributed by atoms with Gasteiger partial charge in [-0.1, -0.05) is 30.3 Å². The number of hydrogen-bond donors (Lipinski definition) is 1. The Hall–Kier alpha value is -3.40. The normalized spacial score (nSPS) is 11.5. The number of benzene rings is 2. The smallest absolute Gasteiger partial charge is 0.345 e. The molecule has 0 spiro atoms. The number of pyridine rings is 1. The molecule has 5 rings (SSSR count). The Morgan fingerprint density at radius 1 is 0.917 bits per heavy atom. The van der Waals surface area contributed by atoms with Crippen LogP contribution in [0.2, 0.25) is 0 Å². The summed E-state index contributed by atoms with van der Waals surface area (Å²) in [4.78, 5) is 20.2. The first kappa shape index (κ1) is 13.1. The van der Waals surface area contributed by atoms with E-state index in [-0.39, 0.29) is 5.63 Å². The number of fused-ring (bicyclic) bond motifs is 4. The molecule has 3 aromatic heterocycles. The molecular weight excluding hydrogens is 300 g/mol. The summed E-state index contributed by atoms with van der Waals surface area (Å²) in [5.41, 5.74) is 3.83. The Morgan fingerprint density at radius 3 is 2.62 bits per heavy atom. The maximum Gasteiger partial charge on any atom is 0.345 e. The van der Waals surface area contributed by atoms with Crippen LogP contribution in [0, 0.1) is 0 Å². The first-order valence-corrected chi connectivity index (χ1v) is 7.69. The minimum absolute atomic E-state index is 0.363. The monoisotopic (exact) mass is 312 g/mol. The summed E-state index contributed by atoms with van der Waals surface area (Å²) >= 11 is 0.